The minimum absolute atomic E-state index is 0.0644. The molecule has 31 heavy (non-hydrogen) atoms. The molecular weight excluding hydrogens is 414 g/mol. The Labute approximate surface area is 185 Å². The molecule has 0 radical (unpaired) electrons. The second-order valence-corrected chi connectivity index (χ2v) is 9.77. The quantitative estimate of drug-likeness (QED) is 0.675. The van der Waals surface area contributed by atoms with Crippen LogP contribution in [0.3, 0.4) is 0 Å². The number of nitrogens with one attached hydrogen (secondary N) is 1. The van der Waals surface area contributed by atoms with Gasteiger partial charge in [0.1, 0.15) is 5.75 Å². The highest BCUT2D eigenvalue weighted by molar-refractivity contribution is 7.92. The standard InChI is InChI=1S/C23H31N3O4S/c1-4-30-21-8-10-22(11-9-21)31(28,29)24-20-7-5-6-19(16-20)23(27)26-14-12-18(13-15-26)17-25(2)3/h5-11,16,18,24H,4,12-15,17H2,1-3H3. The van der Waals surface area contributed by atoms with E-state index in [1.807, 2.05) is 11.8 Å². The van der Waals surface area contributed by atoms with Crippen LogP contribution in [0.2, 0.25) is 0 Å². The van der Waals surface area contributed by atoms with Gasteiger partial charge in [-0.1, -0.05) is 6.07 Å². The van der Waals surface area contributed by atoms with Crippen molar-refractivity contribution in [2.45, 2.75) is 24.7 Å². The predicted molar refractivity (Wildman–Crippen MR) is 122 cm³/mol. The maximum atomic E-state index is 12.9. The molecule has 2 aromatic rings. The molecule has 7 nitrogen and oxygen atoms in total. The minimum Gasteiger partial charge on any atom is -0.494 e. The molecule has 0 bridgehead atoms. The number of hydrogen-bond acceptors (Lipinski definition) is 5. The topological polar surface area (TPSA) is 78.9 Å². The van der Waals surface area contributed by atoms with Crippen molar-refractivity contribution in [2.24, 2.45) is 5.92 Å². The Kier molecular flexibility index (Phi) is 7.56. The van der Waals surface area contributed by atoms with Gasteiger partial charge < -0.3 is 14.5 Å². The lowest BCUT2D eigenvalue weighted by molar-refractivity contribution is 0.0678. The van der Waals surface area contributed by atoms with Gasteiger partial charge in [0.25, 0.3) is 15.9 Å². The van der Waals surface area contributed by atoms with Crippen molar-refractivity contribution in [1.29, 1.82) is 0 Å². The van der Waals surface area contributed by atoms with Crippen molar-refractivity contribution in [2.75, 3.05) is 45.1 Å². The van der Waals surface area contributed by atoms with Gasteiger partial charge in [-0.25, -0.2) is 8.42 Å². The van der Waals surface area contributed by atoms with Crippen LogP contribution >= 0.6 is 0 Å². The molecule has 2 aromatic carbocycles. The third-order valence-electron chi connectivity index (χ3n) is 5.33. The summed E-state index contributed by atoms with van der Waals surface area (Å²) in [6, 6.07) is 12.9. The number of likely N-dealkylation sites (tertiary alicyclic amines) is 1. The number of sulfonamides is 1. The van der Waals surface area contributed by atoms with Gasteiger partial charge in [0.15, 0.2) is 0 Å². The average molecular weight is 446 g/mol. The zero-order valence-corrected chi connectivity index (χ0v) is 19.2. The largest absolute Gasteiger partial charge is 0.494 e. The van der Waals surface area contributed by atoms with E-state index in [-0.39, 0.29) is 10.8 Å². The number of benzene rings is 2. The maximum Gasteiger partial charge on any atom is 0.261 e. The molecule has 8 heteroatoms. The lowest BCUT2D eigenvalue weighted by Gasteiger charge is -2.33. The van der Waals surface area contributed by atoms with Crippen LogP contribution in [0.15, 0.2) is 53.4 Å². The van der Waals surface area contributed by atoms with Crippen molar-refractivity contribution in [3.63, 3.8) is 0 Å². The summed E-state index contributed by atoms with van der Waals surface area (Å²) in [7, 11) is 0.367. The molecule has 3 rings (SSSR count). The Hall–Kier alpha value is -2.58. The number of anilines is 1. The lowest BCUT2D eigenvalue weighted by atomic mass is 9.96. The SMILES string of the molecule is CCOc1ccc(S(=O)(=O)Nc2cccc(C(=O)N3CCC(CN(C)C)CC3)c2)cc1. The molecule has 0 aliphatic carbocycles. The van der Waals surface area contributed by atoms with Crippen LogP contribution in [0.1, 0.15) is 30.1 Å². The summed E-state index contributed by atoms with van der Waals surface area (Å²) >= 11 is 0. The molecule has 1 saturated heterocycles. The summed E-state index contributed by atoms with van der Waals surface area (Å²) in [6.07, 6.45) is 1.96. The van der Waals surface area contributed by atoms with E-state index in [9.17, 15) is 13.2 Å². The molecule has 1 heterocycles. The summed E-state index contributed by atoms with van der Waals surface area (Å²) in [4.78, 5) is 17.1. The van der Waals surface area contributed by atoms with Gasteiger partial charge in [0.2, 0.25) is 0 Å². The molecule has 0 unspecified atom stereocenters. The van der Waals surface area contributed by atoms with Crippen LogP contribution in [0, 0.1) is 5.92 Å². The molecule has 1 aliphatic rings. The molecular formula is C23H31N3O4S. The number of nitrogens with zero attached hydrogens (tertiary/aromatic N) is 2. The van der Waals surface area contributed by atoms with E-state index in [0.29, 0.717) is 29.5 Å². The van der Waals surface area contributed by atoms with Gasteiger partial charge >= 0.3 is 0 Å². The summed E-state index contributed by atoms with van der Waals surface area (Å²) in [6.45, 7) is 4.86. The first-order valence-corrected chi connectivity index (χ1v) is 12.1. The molecule has 1 aliphatic heterocycles. The van der Waals surface area contributed by atoms with Crippen LogP contribution < -0.4 is 9.46 Å². The highest BCUT2D eigenvalue weighted by atomic mass is 32.2. The first kappa shape index (κ1) is 23.1. The zero-order valence-electron chi connectivity index (χ0n) is 18.4. The predicted octanol–water partition coefficient (Wildman–Crippen LogP) is 3.30. The second kappa shape index (κ2) is 10.2. The van der Waals surface area contributed by atoms with Crippen molar-refractivity contribution in [1.82, 2.24) is 9.80 Å². The number of carbonyl (C=O) groups excluding carboxylic acids is 1. The fourth-order valence-corrected chi connectivity index (χ4v) is 4.88. The number of carbonyl (C=O) groups is 1. The third kappa shape index (κ3) is 6.21. The average Bonchev–Trinajstić information content (AvgIpc) is 2.74. The zero-order chi connectivity index (χ0) is 22.4. The summed E-state index contributed by atoms with van der Waals surface area (Å²) in [5, 5.41) is 0. The first-order chi connectivity index (χ1) is 14.8. The van der Waals surface area contributed by atoms with E-state index in [1.54, 1.807) is 36.4 Å². The van der Waals surface area contributed by atoms with E-state index in [2.05, 4.69) is 23.7 Å². The van der Waals surface area contributed by atoms with Gasteiger partial charge in [-0.3, -0.25) is 9.52 Å². The molecule has 0 spiro atoms. The summed E-state index contributed by atoms with van der Waals surface area (Å²) in [5.41, 5.74) is 0.847. The van der Waals surface area contributed by atoms with Crippen molar-refractivity contribution < 1.29 is 17.9 Å². The third-order valence-corrected chi connectivity index (χ3v) is 6.73. The Bertz CT molecular complexity index is 982. The Morgan fingerprint density at radius 1 is 1.13 bits per heavy atom. The highest BCUT2D eigenvalue weighted by Crippen LogP contribution is 2.23. The van der Waals surface area contributed by atoms with Crippen LogP contribution in [0.25, 0.3) is 0 Å². The highest BCUT2D eigenvalue weighted by Gasteiger charge is 2.24. The lowest BCUT2D eigenvalue weighted by Crippen LogP contribution is -2.40. The van der Waals surface area contributed by atoms with Crippen molar-refractivity contribution in [3.8, 4) is 5.75 Å². The molecule has 0 atom stereocenters. The van der Waals surface area contributed by atoms with Gasteiger partial charge in [-0.2, -0.15) is 0 Å². The van der Waals surface area contributed by atoms with Crippen LogP contribution in [0.5, 0.6) is 5.75 Å². The van der Waals surface area contributed by atoms with E-state index in [1.165, 1.54) is 12.1 Å². The fourth-order valence-electron chi connectivity index (χ4n) is 3.83. The smallest absolute Gasteiger partial charge is 0.261 e. The summed E-state index contributed by atoms with van der Waals surface area (Å²) < 4.78 is 33.4. The van der Waals surface area contributed by atoms with Gasteiger partial charge in [-0.15, -0.1) is 0 Å². The van der Waals surface area contributed by atoms with Crippen molar-refractivity contribution >= 4 is 21.6 Å². The molecule has 168 valence electrons. The summed E-state index contributed by atoms with van der Waals surface area (Å²) in [5.74, 6) is 1.15. The van der Waals surface area contributed by atoms with Gasteiger partial charge in [-0.05, 0) is 82.2 Å². The molecule has 1 fully saturated rings. The van der Waals surface area contributed by atoms with Gasteiger partial charge in [0.05, 0.1) is 11.5 Å². The molecule has 0 aromatic heterocycles. The Balaban J connectivity index is 1.66. The Morgan fingerprint density at radius 2 is 1.81 bits per heavy atom. The van der Waals surface area contributed by atoms with Gasteiger partial charge in [0, 0.05) is 30.9 Å². The second-order valence-electron chi connectivity index (χ2n) is 8.09. The Morgan fingerprint density at radius 3 is 2.42 bits per heavy atom. The number of amides is 1. The number of hydrogen-bond donors (Lipinski definition) is 1. The van der Waals surface area contributed by atoms with E-state index >= 15 is 0 Å². The van der Waals surface area contributed by atoms with E-state index in [4.69, 9.17) is 4.74 Å². The fraction of sp³-hybridized carbons (Fsp3) is 0.435. The number of rotatable bonds is 8. The molecule has 1 amide bonds. The maximum absolute atomic E-state index is 12.9. The monoisotopic (exact) mass is 445 g/mol. The van der Waals surface area contributed by atoms with Crippen molar-refractivity contribution in [3.05, 3.63) is 54.1 Å². The molecule has 1 N–H and O–H groups in total. The molecule has 0 saturated carbocycles. The van der Waals surface area contributed by atoms with E-state index < -0.39 is 10.0 Å². The van der Waals surface area contributed by atoms with Crippen LogP contribution in [-0.2, 0) is 10.0 Å². The number of piperidine rings is 1. The number of ether oxygens (including phenoxy) is 1. The first-order valence-electron chi connectivity index (χ1n) is 10.6. The van der Waals surface area contributed by atoms with Crippen LogP contribution in [0.4, 0.5) is 5.69 Å². The normalized spacial score (nSPS) is 15.2. The van der Waals surface area contributed by atoms with E-state index in [0.717, 1.165) is 32.5 Å². The van der Waals surface area contributed by atoms with Crippen LogP contribution in [-0.4, -0.2) is 64.5 Å². The minimum atomic E-state index is -3.77.